The van der Waals surface area contributed by atoms with Crippen molar-refractivity contribution in [2.24, 2.45) is 0 Å². The number of carbonyl (C=O) groups is 2. The van der Waals surface area contributed by atoms with Crippen LogP contribution in [-0.4, -0.2) is 74.7 Å². The first-order valence-corrected chi connectivity index (χ1v) is 10.6. The fourth-order valence-electron chi connectivity index (χ4n) is 2.80. The monoisotopic (exact) mass is 416 g/mol. The van der Waals surface area contributed by atoms with Gasteiger partial charge in [0.05, 0.1) is 11.6 Å². The van der Waals surface area contributed by atoms with Gasteiger partial charge < -0.3 is 10.6 Å². The minimum Gasteiger partial charge on any atom is -0.355 e. The average molecular weight is 417 g/mol. The highest BCUT2D eigenvalue weighted by atomic mass is 35.5. The van der Waals surface area contributed by atoms with Crippen molar-refractivity contribution in [3.05, 3.63) is 29.3 Å². The van der Waals surface area contributed by atoms with E-state index in [1.165, 1.54) is 10.4 Å². The molecule has 1 heterocycles. The van der Waals surface area contributed by atoms with E-state index in [4.69, 9.17) is 11.6 Å². The van der Waals surface area contributed by atoms with Gasteiger partial charge in [0.25, 0.3) is 0 Å². The van der Waals surface area contributed by atoms with Crippen molar-refractivity contribution < 1.29 is 18.0 Å². The number of piperazine rings is 1. The van der Waals surface area contributed by atoms with Crippen molar-refractivity contribution in [3.63, 3.8) is 0 Å². The van der Waals surface area contributed by atoms with Crippen LogP contribution >= 0.6 is 11.6 Å². The molecule has 1 aliphatic heterocycles. The molecule has 0 aromatic heterocycles. The molecule has 0 radical (unpaired) electrons. The SMILES string of the molecule is CCNC(=O)[C@H](C)NC(=O)CN1CCN(S(=O)(=O)c2ccccc2Cl)CC1. The maximum Gasteiger partial charge on any atom is 0.244 e. The van der Waals surface area contributed by atoms with Gasteiger partial charge in [-0.3, -0.25) is 14.5 Å². The van der Waals surface area contributed by atoms with Crippen molar-refractivity contribution >= 4 is 33.4 Å². The average Bonchev–Trinajstić information content (AvgIpc) is 2.62. The molecule has 1 fully saturated rings. The van der Waals surface area contributed by atoms with Crippen LogP contribution in [0.15, 0.2) is 29.2 Å². The molecule has 0 unspecified atom stereocenters. The molecule has 150 valence electrons. The van der Waals surface area contributed by atoms with Crippen LogP contribution < -0.4 is 10.6 Å². The predicted molar refractivity (Wildman–Crippen MR) is 103 cm³/mol. The summed E-state index contributed by atoms with van der Waals surface area (Å²) in [5.41, 5.74) is 0. The molecule has 1 aliphatic rings. The standard InChI is InChI=1S/C17H25ClN4O4S/c1-3-19-17(24)13(2)20-16(23)12-21-8-10-22(11-9-21)27(25,26)15-7-5-4-6-14(15)18/h4-7,13H,3,8-12H2,1-2H3,(H,19,24)(H,20,23)/t13-/m0/s1. The van der Waals surface area contributed by atoms with Crippen molar-refractivity contribution in [1.29, 1.82) is 0 Å². The van der Waals surface area contributed by atoms with Crippen LogP contribution in [-0.2, 0) is 19.6 Å². The van der Waals surface area contributed by atoms with E-state index >= 15 is 0 Å². The molecule has 8 nitrogen and oxygen atoms in total. The summed E-state index contributed by atoms with van der Waals surface area (Å²) in [4.78, 5) is 25.7. The maximum atomic E-state index is 12.7. The van der Waals surface area contributed by atoms with E-state index in [0.717, 1.165) is 0 Å². The Bertz CT molecular complexity index is 779. The van der Waals surface area contributed by atoms with Crippen LogP contribution in [0.1, 0.15) is 13.8 Å². The fourth-order valence-corrected chi connectivity index (χ4v) is 4.72. The maximum absolute atomic E-state index is 12.7. The molecule has 1 aromatic carbocycles. The fraction of sp³-hybridized carbons (Fsp3) is 0.529. The van der Waals surface area contributed by atoms with Gasteiger partial charge in [0, 0.05) is 32.7 Å². The van der Waals surface area contributed by atoms with E-state index in [0.29, 0.717) is 19.6 Å². The number of benzene rings is 1. The third-order valence-electron chi connectivity index (χ3n) is 4.27. The Hall–Kier alpha value is -1.68. The van der Waals surface area contributed by atoms with Gasteiger partial charge in [0.1, 0.15) is 10.9 Å². The Morgan fingerprint density at radius 2 is 1.81 bits per heavy atom. The smallest absolute Gasteiger partial charge is 0.244 e. The normalized spacial score (nSPS) is 17.3. The molecule has 0 bridgehead atoms. The van der Waals surface area contributed by atoms with Gasteiger partial charge in [-0.15, -0.1) is 0 Å². The zero-order chi connectivity index (χ0) is 20.0. The lowest BCUT2D eigenvalue weighted by molar-refractivity contribution is -0.129. The zero-order valence-corrected chi connectivity index (χ0v) is 17.0. The van der Waals surface area contributed by atoms with Crippen LogP contribution in [0.4, 0.5) is 0 Å². The van der Waals surface area contributed by atoms with E-state index in [9.17, 15) is 18.0 Å². The first-order valence-electron chi connectivity index (χ1n) is 8.79. The zero-order valence-electron chi connectivity index (χ0n) is 15.4. The number of likely N-dealkylation sites (N-methyl/N-ethyl adjacent to an activating group) is 1. The highest BCUT2D eigenvalue weighted by Crippen LogP contribution is 2.24. The molecular weight excluding hydrogens is 392 g/mol. The van der Waals surface area contributed by atoms with Crippen LogP contribution in [0, 0.1) is 0 Å². The Balaban J connectivity index is 1.87. The van der Waals surface area contributed by atoms with Gasteiger partial charge in [-0.1, -0.05) is 23.7 Å². The Labute approximate surface area is 164 Å². The third-order valence-corrected chi connectivity index (χ3v) is 6.67. The number of sulfonamides is 1. The molecule has 0 aliphatic carbocycles. The van der Waals surface area contributed by atoms with Crippen LogP contribution in [0.25, 0.3) is 0 Å². The van der Waals surface area contributed by atoms with Gasteiger partial charge in [-0.2, -0.15) is 4.31 Å². The van der Waals surface area contributed by atoms with Gasteiger partial charge in [-0.05, 0) is 26.0 Å². The van der Waals surface area contributed by atoms with Crippen LogP contribution in [0.3, 0.4) is 0 Å². The van der Waals surface area contributed by atoms with E-state index in [-0.39, 0.29) is 41.4 Å². The molecule has 0 saturated carbocycles. The molecule has 27 heavy (non-hydrogen) atoms. The Kier molecular flexibility index (Phi) is 7.60. The van der Waals surface area contributed by atoms with Crippen molar-refractivity contribution in [1.82, 2.24) is 19.8 Å². The molecular formula is C17H25ClN4O4S. The summed E-state index contributed by atoms with van der Waals surface area (Å²) in [6, 6.07) is 5.74. The van der Waals surface area contributed by atoms with E-state index in [1.54, 1.807) is 25.1 Å². The van der Waals surface area contributed by atoms with Gasteiger partial charge >= 0.3 is 0 Å². The van der Waals surface area contributed by atoms with Gasteiger partial charge in [-0.25, -0.2) is 8.42 Å². The number of nitrogens with zero attached hydrogens (tertiary/aromatic N) is 2. The van der Waals surface area contributed by atoms with Crippen molar-refractivity contribution in [2.45, 2.75) is 24.8 Å². The second kappa shape index (κ2) is 9.50. The van der Waals surface area contributed by atoms with Crippen LogP contribution in [0.2, 0.25) is 5.02 Å². The minimum atomic E-state index is -3.66. The van der Waals surface area contributed by atoms with Gasteiger partial charge in [0.2, 0.25) is 21.8 Å². The van der Waals surface area contributed by atoms with E-state index < -0.39 is 16.1 Å². The number of halogens is 1. The topological polar surface area (TPSA) is 98.8 Å². The second-order valence-electron chi connectivity index (χ2n) is 6.29. The number of hydrogen-bond donors (Lipinski definition) is 2. The molecule has 2 rings (SSSR count). The largest absolute Gasteiger partial charge is 0.355 e. The lowest BCUT2D eigenvalue weighted by atomic mass is 10.3. The number of hydrogen-bond acceptors (Lipinski definition) is 5. The lowest BCUT2D eigenvalue weighted by Crippen LogP contribution is -2.53. The summed E-state index contributed by atoms with van der Waals surface area (Å²) >= 11 is 6.02. The third kappa shape index (κ3) is 5.65. The lowest BCUT2D eigenvalue weighted by Gasteiger charge is -2.33. The Morgan fingerprint density at radius 3 is 2.41 bits per heavy atom. The summed E-state index contributed by atoms with van der Waals surface area (Å²) in [6.45, 7) is 5.43. The summed E-state index contributed by atoms with van der Waals surface area (Å²) < 4.78 is 26.8. The van der Waals surface area contributed by atoms with Crippen molar-refractivity contribution in [2.75, 3.05) is 39.3 Å². The number of carbonyl (C=O) groups excluding carboxylic acids is 2. The van der Waals surface area contributed by atoms with Gasteiger partial charge in [0.15, 0.2) is 0 Å². The summed E-state index contributed by atoms with van der Waals surface area (Å²) in [5, 5.41) is 5.48. The molecule has 10 heteroatoms. The second-order valence-corrected chi connectivity index (χ2v) is 8.61. The van der Waals surface area contributed by atoms with Crippen LogP contribution in [0.5, 0.6) is 0 Å². The molecule has 0 spiro atoms. The summed E-state index contributed by atoms with van der Waals surface area (Å²) in [6.07, 6.45) is 0. The minimum absolute atomic E-state index is 0.0913. The predicted octanol–water partition coefficient (Wildman–Crippen LogP) is 0.287. The summed E-state index contributed by atoms with van der Waals surface area (Å²) in [7, 11) is -3.66. The molecule has 1 saturated heterocycles. The molecule has 2 amide bonds. The van der Waals surface area contributed by atoms with E-state index in [2.05, 4.69) is 10.6 Å². The number of rotatable bonds is 7. The number of nitrogens with one attached hydrogen (secondary N) is 2. The van der Waals surface area contributed by atoms with E-state index in [1.807, 2.05) is 11.8 Å². The highest BCUT2D eigenvalue weighted by Gasteiger charge is 2.30. The molecule has 2 N–H and O–H groups in total. The first kappa shape index (κ1) is 21.6. The highest BCUT2D eigenvalue weighted by molar-refractivity contribution is 7.89. The summed E-state index contributed by atoms with van der Waals surface area (Å²) in [5.74, 6) is -0.502. The number of amides is 2. The quantitative estimate of drug-likeness (QED) is 0.665. The Morgan fingerprint density at radius 1 is 1.19 bits per heavy atom. The first-order chi connectivity index (χ1) is 12.8. The molecule has 1 aromatic rings. The molecule has 1 atom stereocenters. The van der Waals surface area contributed by atoms with Crippen molar-refractivity contribution in [3.8, 4) is 0 Å².